The molecule has 1 saturated heterocycles. The molecule has 3 aliphatic rings. The summed E-state index contributed by atoms with van der Waals surface area (Å²) in [6, 6.07) is 0. The highest BCUT2D eigenvalue weighted by atomic mass is 16.2. The van der Waals surface area contributed by atoms with Crippen LogP contribution in [-0.4, -0.2) is 42.8 Å². The van der Waals surface area contributed by atoms with Crippen LogP contribution in [0.1, 0.15) is 33.1 Å². The van der Waals surface area contributed by atoms with Crippen LogP contribution in [0, 0.1) is 16.7 Å². The third-order valence-electron chi connectivity index (χ3n) is 5.37. The summed E-state index contributed by atoms with van der Waals surface area (Å²) in [6.45, 7) is 7.24. The number of carbonyl (C=O) groups excluding carboxylic acids is 2. The second-order valence-electron chi connectivity index (χ2n) is 6.61. The molecule has 0 spiro atoms. The van der Waals surface area contributed by atoms with Crippen molar-refractivity contribution < 1.29 is 9.59 Å². The summed E-state index contributed by atoms with van der Waals surface area (Å²) < 4.78 is 0. The maximum atomic E-state index is 12.8. The predicted octanol–water partition coefficient (Wildman–Crippen LogP) is 0.814. The van der Waals surface area contributed by atoms with Gasteiger partial charge in [-0.25, -0.2) is 0 Å². The molecule has 0 unspecified atom stereocenters. The van der Waals surface area contributed by atoms with Crippen molar-refractivity contribution in [3.8, 4) is 0 Å². The first-order valence-electron chi connectivity index (χ1n) is 7.03. The Balaban J connectivity index is 1.87. The topological polar surface area (TPSA) is 49.4 Å². The quantitative estimate of drug-likeness (QED) is 0.701. The van der Waals surface area contributed by atoms with Crippen molar-refractivity contribution in [3.05, 3.63) is 0 Å². The molecule has 2 aliphatic carbocycles. The minimum Gasteiger partial charge on any atom is -0.339 e. The fraction of sp³-hybridized carbons (Fsp3) is 0.857. The fourth-order valence-corrected chi connectivity index (χ4v) is 4.13. The van der Waals surface area contributed by atoms with Gasteiger partial charge in [0.15, 0.2) is 5.78 Å². The number of Topliss-reactive ketones (excluding diaryl/α,β-unsaturated/α-hetero) is 1. The number of ketones is 1. The summed E-state index contributed by atoms with van der Waals surface area (Å²) in [4.78, 5) is 27.3. The van der Waals surface area contributed by atoms with Gasteiger partial charge in [-0.2, -0.15) is 0 Å². The van der Waals surface area contributed by atoms with Gasteiger partial charge >= 0.3 is 0 Å². The van der Waals surface area contributed by atoms with E-state index in [1.165, 1.54) is 0 Å². The first kappa shape index (κ1) is 12.2. The molecule has 2 bridgehead atoms. The van der Waals surface area contributed by atoms with Crippen LogP contribution in [0.25, 0.3) is 0 Å². The fourth-order valence-electron chi connectivity index (χ4n) is 4.13. The molecule has 0 aromatic carbocycles. The molecule has 18 heavy (non-hydrogen) atoms. The number of carbonyl (C=O) groups is 2. The number of hydrogen-bond acceptors (Lipinski definition) is 3. The van der Waals surface area contributed by atoms with Crippen molar-refractivity contribution >= 4 is 11.7 Å². The van der Waals surface area contributed by atoms with E-state index < -0.39 is 5.41 Å². The Morgan fingerprint density at radius 2 is 2.00 bits per heavy atom. The van der Waals surface area contributed by atoms with E-state index >= 15 is 0 Å². The normalized spacial score (nSPS) is 38.2. The van der Waals surface area contributed by atoms with Gasteiger partial charge in [-0.3, -0.25) is 9.59 Å². The summed E-state index contributed by atoms with van der Waals surface area (Å²) in [5.74, 6) is 0.730. The van der Waals surface area contributed by atoms with Crippen LogP contribution in [0.3, 0.4) is 0 Å². The second kappa shape index (κ2) is 3.80. The minimum atomic E-state index is -0.661. The minimum absolute atomic E-state index is 0.113. The second-order valence-corrected chi connectivity index (χ2v) is 6.61. The number of amides is 1. The lowest BCUT2D eigenvalue weighted by atomic mass is 9.70. The molecule has 1 N–H and O–H groups in total. The molecule has 3 rings (SSSR count). The molecular weight excluding hydrogens is 228 g/mol. The Labute approximate surface area is 108 Å². The van der Waals surface area contributed by atoms with Gasteiger partial charge in [-0.15, -0.1) is 0 Å². The van der Waals surface area contributed by atoms with Gasteiger partial charge in [0.25, 0.3) is 0 Å². The third kappa shape index (κ3) is 1.41. The highest BCUT2D eigenvalue weighted by Gasteiger charge is 2.65. The molecule has 1 aliphatic heterocycles. The summed E-state index contributed by atoms with van der Waals surface area (Å²) in [6.07, 6.45) is 2.61. The first-order chi connectivity index (χ1) is 8.48. The van der Waals surface area contributed by atoms with E-state index in [1.54, 1.807) is 0 Å². The van der Waals surface area contributed by atoms with Crippen LogP contribution >= 0.6 is 0 Å². The van der Waals surface area contributed by atoms with Gasteiger partial charge in [0, 0.05) is 31.6 Å². The summed E-state index contributed by atoms with van der Waals surface area (Å²) >= 11 is 0. The smallest absolute Gasteiger partial charge is 0.236 e. The first-order valence-corrected chi connectivity index (χ1v) is 7.03. The predicted molar refractivity (Wildman–Crippen MR) is 68.0 cm³/mol. The molecule has 0 radical (unpaired) electrons. The number of fused-ring (bicyclic) bond motifs is 2. The zero-order valence-electron chi connectivity index (χ0n) is 11.3. The molecule has 0 aromatic heterocycles. The molecular formula is C14H22N2O2. The Kier molecular flexibility index (Phi) is 2.56. The Morgan fingerprint density at radius 3 is 2.56 bits per heavy atom. The van der Waals surface area contributed by atoms with Crippen molar-refractivity contribution in [2.75, 3.05) is 26.2 Å². The molecule has 2 atom stereocenters. The van der Waals surface area contributed by atoms with E-state index in [2.05, 4.69) is 5.32 Å². The van der Waals surface area contributed by atoms with Gasteiger partial charge in [-0.05, 0) is 25.2 Å². The van der Waals surface area contributed by atoms with Gasteiger partial charge in [0.1, 0.15) is 5.41 Å². The lowest BCUT2D eigenvalue weighted by Crippen LogP contribution is -2.54. The van der Waals surface area contributed by atoms with Crippen LogP contribution in [0.15, 0.2) is 0 Å². The molecule has 100 valence electrons. The van der Waals surface area contributed by atoms with Crippen molar-refractivity contribution in [2.45, 2.75) is 33.1 Å². The molecule has 1 amide bonds. The largest absolute Gasteiger partial charge is 0.339 e. The lowest BCUT2D eigenvalue weighted by molar-refractivity contribution is -0.151. The van der Waals surface area contributed by atoms with Crippen molar-refractivity contribution in [3.63, 3.8) is 0 Å². The Hall–Kier alpha value is -0.900. The summed E-state index contributed by atoms with van der Waals surface area (Å²) in [5.41, 5.74) is -0.951. The summed E-state index contributed by atoms with van der Waals surface area (Å²) in [5, 5.41) is 3.25. The SMILES string of the molecule is CC1(C)C(=O)[C@@]2(C(=O)N3CCNCC3)CC[C@@H]1C2. The van der Waals surface area contributed by atoms with Crippen LogP contribution in [0.2, 0.25) is 0 Å². The van der Waals surface area contributed by atoms with Crippen molar-refractivity contribution in [1.82, 2.24) is 10.2 Å². The standard InChI is InChI=1S/C14H22N2O2/c1-13(2)10-3-4-14(9-10,11(13)17)12(18)16-7-5-15-6-8-16/h10,15H,3-9H2,1-2H3/t10-,14-/m1/s1. The molecule has 4 nitrogen and oxygen atoms in total. The average Bonchev–Trinajstić information content (AvgIpc) is 2.90. The third-order valence-corrected chi connectivity index (χ3v) is 5.37. The van der Waals surface area contributed by atoms with Crippen molar-refractivity contribution in [1.29, 1.82) is 0 Å². The molecule has 2 saturated carbocycles. The summed E-state index contributed by atoms with van der Waals surface area (Å²) in [7, 11) is 0. The maximum Gasteiger partial charge on any atom is 0.236 e. The number of nitrogens with one attached hydrogen (secondary N) is 1. The lowest BCUT2D eigenvalue weighted by Gasteiger charge is -2.37. The van der Waals surface area contributed by atoms with E-state index in [0.717, 1.165) is 45.4 Å². The Bertz CT molecular complexity index is 399. The number of nitrogens with zero attached hydrogens (tertiary/aromatic N) is 1. The van der Waals surface area contributed by atoms with Crippen LogP contribution in [-0.2, 0) is 9.59 Å². The van der Waals surface area contributed by atoms with E-state index in [4.69, 9.17) is 0 Å². The molecule has 4 heteroatoms. The maximum absolute atomic E-state index is 12.8. The number of piperazine rings is 1. The van der Waals surface area contributed by atoms with Gasteiger partial charge in [0.05, 0.1) is 0 Å². The highest BCUT2D eigenvalue weighted by Crippen LogP contribution is 2.60. The zero-order chi connectivity index (χ0) is 13.0. The Morgan fingerprint density at radius 1 is 1.33 bits per heavy atom. The van der Waals surface area contributed by atoms with E-state index in [0.29, 0.717) is 5.92 Å². The van der Waals surface area contributed by atoms with Crippen LogP contribution in [0.5, 0.6) is 0 Å². The highest BCUT2D eigenvalue weighted by molar-refractivity contribution is 6.10. The number of hydrogen-bond donors (Lipinski definition) is 1. The zero-order valence-corrected chi connectivity index (χ0v) is 11.3. The van der Waals surface area contributed by atoms with Crippen LogP contribution in [0.4, 0.5) is 0 Å². The number of rotatable bonds is 1. The van der Waals surface area contributed by atoms with Gasteiger partial charge in [0.2, 0.25) is 5.91 Å². The monoisotopic (exact) mass is 250 g/mol. The van der Waals surface area contributed by atoms with E-state index in [9.17, 15) is 9.59 Å². The van der Waals surface area contributed by atoms with Crippen LogP contribution < -0.4 is 5.32 Å². The van der Waals surface area contributed by atoms with E-state index in [1.807, 2.05) is 18.7 Å². The molecule has 0 aromatic rings. The van der Waals surface area contributed by atoms with Gasteiger partial charge < -0.3 is 10.2 Å². The van der Waals surface area contributed by atoms with Crippen molar-refractivity contribution in [2.24, 2.45) is 16.7 Å². The average molecular weight is 250 g/mol. The molecule has 1 heterocycles. The molecule has 3 fully saturated rings. The van der Waals surface area contributed by atoms with E-state index in [-0.39, 0.29) is 17.1 Å². The van der Waals surface area contributed by atoms with Gasteiger partial charge in [-0.1, -0.05) is 13.8 Å².